The first-order valence-electron chi connectivity index (χ1n) is 12.2. The van der Waals surface area contributed by atoms with Gasteiger partial charge in [-0.2, -0.15) is 0 Å². The number of nitrogens with zero attached hydrogens (tertiary/aromatic N) is 1. The van der Waals surface area contributed by atoms with Crippen molar-refractivity contribution >= 4 is 29.4 Å². The van der Waals surface area contributed by atoms with Crippen molar-refractivity contribution in [3.8, 4) is 0 Å². The summed E-state index contributed by atoms with van der Waals surface area (Å²) in [4.78, 5) is 40.0. The Hall–Kier alpha value is -2.40. The Kier molecular flexibility index (Phi) is 8.02. The maximum atomic E-state index is 13.1. The van der Waals surface area contributed by atoms with Crippen LogP contribution >= 0.6 is 12.6 Å². The summed E-state index contributed by atoms with van der Waals surface area (Å²) in [6.07, 6.45) is 7.11. The largest absolute Gasteiger partial charge is 0.325 e. The SMILES string of the molecule is O=C(C(=O)N1CCC(CCC(c2ccccc2)c2ccccc2)[C@H]1C(=O)S)C1CCCCC1. The fourth-order valence-corrected chi connectivity index (χ4v) is 6.03. The molecule has 33 heavy (non-hydrogen) atoms. The van der Waals surface area contributed by atoms with Crippen molar-refractivity contribution in [2.45, 2.75) is 63.3 Å². The van der Waals surface area contributed by atoms with E-state index < -0.39 is 11.9 Å². The second kappa shape index (κ2) is 11.1. The monoisotopic (exact) mass is 463 g/mol. The van der Waals surface area contributed by atoms with Crippen LogP contribution in [0, 0.1) is 11.8 Å². The molecule has 2 fully saturated rings. The van der Waals surface area contributed by atoms with Crippen LogP contribution in [0.2, 0.25) is 0 Å². The van der Waals surface area contributed by atoms with Gasteiger partial charge in [0.25, 0.3) is 5.91 Å². The number of carbonyl (C=O) groups is 3. The van der Waals surface area contributed by atoms with Crippen molar-refractivity contribution in [2.24, 2.45) is 11.8 Å². The molecule has 5 heteroatoms. The van der Waals surface area contributed by atoms with Crippen molar-refractivity contribution in [2.75, 3.05) is 6.54 Å². The highest BCUT2D eigenvalue weighted by atomic mass is 32.1. The van der Waals surface area contributed by atoms with E-state index in [9.17, 15) is 14.4 Å². The van der Waals surface area contributed by atoms with E-state index in [1.165, 1.54) is 16.0 Å². The molecule has 1 heterocycles. The molecule has 1 amide bonds. The number of benzene rings is 2. The van der Waals surface area contributed by atoms with Crippen LogP contribution < -0.4 is 0 Å². The molecule has 4 rings (SSSR count). The van der Waals surface area contributed by atoms with Gasteiger partial charge in [0.05, 0.1) is 0 Å². The van der Waals surface area contributed by atoms with Gasteiger partial charge in [0, 0.05) is 18.4 Å². The van der Waals surface area contributed by atoms with Gasteiger partial charge in [0.2, 0.25) is 10.9 Å². The quantitative estimate of drug-likeness (QED) is 0.420. The Morgan fingerprint density at radius 1 is 0.848 bits per heavy atom. The predicted octanol–water partition coefficient (Wildman–Crippen LogP) is 5.42. The number of Topliss-reactive ketones (excluding diaryl/α,β-unsaturated/α-hetero) is 1. The third-order valence-electron chi connectivity index (χ3n) is 7.45. The van der Waals surface area contributed by atoms with E-state index in [4.69, 9.17) is 0 Å². The standard InChI is InChI=1S/C28H33NO3S/c30-26(23-14-8-3-9-15-23)27(31)29-19-18-22(25(29)28(32)33)16-17-24(20-10-4-1-5-11-20)21-12-6-2-7-13-21/h1-2,4-7,10-13,22-25H,3,8-9,14-19H2,(H,32,33)/t22?,25-/m0/s1. The summed E-state index contributed by atoms with van der Waals surface area (Å²) in [6, 6.07) is 20.2. The third-order valence-corrected chi connectivity index (χ3v) is 7.72. The Morgan fingerprint density at radius 3 is 1.97 bits per heavy atom. The molecule has 2 atom stereocenters. The lowest BCUT2D eigenvalue weighted by atomic mass is 9.83. The number of carbonyl (C=O) groups excluding carboxylic acids is 3. The summed E-state index contributed by atoms with van der Waals surface area (Å²) >= 11 is 4.14. The molecule has 0 bridgehead atoms. The average molecular weight is 464 g/mol. The van der Waals surface area contributed by atoms with E-state index in [1.807, 2.05) is 12.1 Å². The van der Waals surface area contributed by atoms with Gasteiger partial charge >= 0.3 is 0 Å². The third kappa shape index (κ3) is 5.57. The van der Waals surface area contributed by atoms with E-state index in [1.54, 1.807) is 0 Å². The highest BCUT2D eigenvalue weighted by Crippen LogP contribution is 2.36. The second-order valence-corrected chi connectivity index (χ2v) is 9.92. The number of rotatable bonds is 8. The summed E-state index contributed by atoms with van der Waals surface area (Å²) in [5.41, 5.74) is 2.49. The van der Waals surface area contributed by atoms with Gasteiger partial charge in [-0.3, -0.25) is 14.4 Å². The topological polar surface area (TPSA) is 54.5 Å². The van der Waals surface area contributed by atoms with Gasteiger partial charge in [-0.05, 0) is 49.1 Å². The smallest absolute Gasteiger partial charge is 0.290 e. The maximum Gasteiger partial charge on any atom is 0.290 e. The lowest BCUT2D eigenvalue weighted by Crippen LogP contribution is -2.46. The zero-order valence-electron chi connectivity index (χ0n) is 19.1. The Morgan fingerprint density at radius 2 is 1.42 bits per heavy atom. The van der Waals surface area contributed by atoms with Crippen LogP contribution in [-0.2, 0) is 14.4 Å². The van der Waals surface area contributed by atoms with Crippen LogP contribution in [0.15, 0.2) is 60.7 Å². The number of thiol groups is 1. The summed E-state index contributed by atoms with van der Waals surface area (Å²) < 4.78 is 0. The van der Waals surface area contributed by atoms with Crippen LogP contribution in [0.25, 0.3) is 0 Å². The average Bonchev–Trinajstić information content (AvgIpc) is 3.29. The summed E-state index contributed by atoms with van der Waals surface area (Å²) in [6.45, 7) is 0.459. The lowest BCUT2D eigenvalue weighted by Gasteiger charge is -2.28. The van der Waals surface area contributed by atoms with Crippen molar-refractivity contribution in [1.82, 2.24) is 4.90 Å². The molecule has 0 aromatic heterocycles. The zero-order valence-corrected chi connectivity index (χ0v) is 20.0. The molecular weight excluding hydrogens is 430 g/mol. The molecule has 0 radical (unpaired) electrons. The van der Waals surface area contributed by atoms with Gasteiger partial charge in [0.1, 0.15) is 6.04 Å². The Balaban J connectivity index is 1.47. The van der Waals surface area contributed by atoms with Gasteiger partial charge in [-0.1, -0.05) is 79.9 Å². The molecule has 1 unspecified atom stereocenters. The lowest BCUT2D eigenvalue weighted by molar-refractivity contribution is -0.149. The van der Waals surface area contributed by atoms with Crippen molar-refractivity contribution in [1.29, 1.82) is 0 Å². The molecule has 1 aliphatic heterocycles. The van der Waals surface area contributed by atoms with E-state index >= 15 is 0 Å². The van der Waals surface area contributed by atoms with Crippen molar-refractivity contribution < 1.29 is 14.4 Å². The van der Waals surface area contributed by atoms with Crippen LogP contribution in [0.4, 0.5) is 0 Å². The molecule has 4 nitrogen and oxygen atoms in total. The van der Waals surface area contributed by atoms with Crippen LogP contribution in [0.3, 0.4) is 0 Å². The summed E-state index contributed by atoms with van der Waals surface area (Å²) in [7, 11) is 0. The normalized spacial score (nSPS) is 21.3. The maximum absolute atomic E-state index is 13.1. The minimum Gasteiger partial charge on any atom is -0.325 e. The first-order valence-corrected chi connectivity index (χ1v) is 12.7. The van der Waals surface area contributed by atoms with Crippen molar-refractivity contribution in [3.05, 3.63) is 71.8 Å². The molecule has 174 valence electrons. The second-order valence-electron chi connectivity index (χ2n) is 9.48. The summed E-state index contributed by atoms with van der Waals surface area (Å²) in [5.74, 6) is -0.716. The molecule has 1 saturated heterocycles. The van der Waals surface area contributed by atoms with Gasteiger partial charge in [-0.15, -0.1) is 12.6 Å². The number of hydrogen-bond donors (Lipinski definition) is 1. The number of amides is 1. The highest BCUT2D eigenvalue weighted by molar-refractivity contribution is 7.96. The number of ketones is 1. The molecule has 2 aliphatic rings. The molecular formula is C28H33NO3S. The van der Waals surface area contributed by atoms with Crippen LogP contribution in [-0.4, -0.2) is 34.3 Å². The van der Waals surface area contributed by atoms with E-state index in [-0.39, 0.29) is 28.7 Å². The van der Waals surface area contributed by atoms with E-state index in [0.29, 0.717) is 6.54 Å². The molecule has 0 N–H and O–H groups in total. The first kappa shape index (κ1) is 23.7. The van der Waals surface area contributed by atoms with Crippen molar-refractivity contribution in [3.63, 3.8) is 0 Å². The van der Waals surface area contributed by atoms with Crippen LogP contribution in [0.1, 0.15) is 68.4 Å². The number of likely N-dealkylation sites (tertiary alicyclic amines) is 1. The Labute approximate surface area is 202 Å². The van der Waals surface area contributed by atoms with E-state index in [0.717, 1.165) is 51.4 Å². The Bertz CT molecular complexity index is 916. The predicted molar refractivity (Wildman–Crippen MR) is 133 cm³/mol. The molecule has 2 aromatic carbocycles. The summed E-state index contributed by atoms with van der Waals surface area (Å²) in [5, 5.41) is -0.307. The first-order chi connectivity index (χ1) is 16.1. The van der Waals surface area contributed by atoms with Gasteiger partial charge < -0.3 is 4.90 Å². The minimum absolute atomic E-state index is 0.0213. The molecule has 2 aromatic rings. The highest BCUT2D eigenvalue weighted by Gasteiger charge is 2.43. The fraction of sp³-hybridized carbons (Fsp3) is 0.464. The van der Waals surface area contributed by atoms with Crippen LogP contribution in [0.5, 0.6) is 0 Å². The minimum atomic E-state index is -0.611. The molecule has 1 aliphatic carbocycles. The van der Waals surface area contributed by atoms with Gasteiger partial charge in [-0.25, -0.2) is 0 Å². The molecule has 0 spiro atoms. The molecule has 1 saturated carbocycles. The number of hydrogen-bond acceptors (Lipinski definition) is 3. The fourth-order valence-electron chi connectivity index (χ4n) is 5.68. The van der Waals surface area contributed by atoms with E-state index in [2.05, 4.69) is 61.2 Å². The van der Waals surface area contributed by atoms with Gasteiger partial charge in [0.15, 0.2) is 0 Å². The zero-order chi connectivity index (χ0) is 23.2.